The van der Waals surface area contributed by atoms with Crippen LogP contribution in [0, 0.1) is 0 Å². The number of benzene rings is 1. The van der Waals surface area contributed by atoms with Crippen molar-refractivity contribution in [2.24, 2.45) is 0 Å². The van der Waals surface area contributed by atoms with Crippen molar-refractivity contribution in [3.05, 3.63) is 30.3 Å². The van der Waals surface area contributed by atoms with Crippen molar-refractivity contribution >= 4 is 23.5 Å². The molecule has 1 fully saturated rings. The number of amides is 4. The van der Waals surface area contributed by atoms with Crippen molar-refractivity contribution in [2.75, 3.05) is 11.4 Å². The van der Waals surface area contributed by atoms with E-state index in [1.165, 1.54) is 0 Å². The van der Waals surface area contributed by atoms with Gasteiger partial charge in [0, 0.05) is 6.54 Å². The highest BCUT2D eigenvalue weighted by molar-refractivity contribution is 6.52. The fraction of sp³-hybridized carbons (Fsp3) is 0.250. The van der Waals surface area contributed by atoms with Gasteiger partial charge in [-0.05, 0) is 18.6 Å². The summed E-state index contributed by atoms with van der Waals surface area (Å²) in [7, 11) is 0. The van der Waals surface area contributed by atoms with Crippen LogP contribution in [0.1, 0.15) is 13.3 Å². The summed E-state index contributed by atoms with van der Waals surface area (Å²) in [5.41, 5.74) is 0.425. The number of carbonyl (C=O) groups is 3. The molecule has 0 radical (unpaired) electrons. The number of imide groups is 2. The standard InChI is InChI=1S/C12H12N2O3/c1-2-8-13-10(15)11(16)14(12(13)17)9-6-4-3-5-7-9/h3-7H,2,8H2,1H3. The van der Waals surface area contributed by atoms with Crippen LogP contribution < -0.4 is 4.90 Å². The molecule has 0 aliphatic carbocycles. The summed E-state index contributed by atoms with van der Waals surface area (Å²) in [5, 5.41) is 0. The Hall–Kier alpha value is -2.17. The van der Waals surface area contributed by atoms with Gasteiger partial charge in [0.1, 0.15) is 0 Å². The first-order valence-corrected chi connectivity index (χ1v) is 5.41. The first kappa shape index (κ1) is 11.3. The number of anilines is 1. The summed E-state index contributed by atoms with van der Waals surface area (Å²) in [4.78, 5) is 37.1. The summed E-state index contributed by atoms with van der Waals surface area (Å²) in [6, 6.07) is 7.89. The Bertz CT molecular complexity index is 470. The van der Waals surface area contributed by atoms with Crippen LogP contribution in [-0.2, 0) is 9.59 Å². The minimum absolute atomic E-state index is 0.271. The van der Waals surface area contributed by atoms with Crippen molar-refractivity contribution in [1.29, 1.82) is 0 Å². The number of hydrogen-bond donors (Lipinski definition) is 0. The highest BCUT2D eigenvalue weighted by Gasteiger charge is 2.44. The van der Waals surface area contributed by atoms with E-state index in [4.69, 9.17) is 0 Å². The fourth-order valence-electron chi connectivity index (χ4n) is 1.73. The number of hydrogen-bond acceptors (Lipinski definition) is 3. The molecule has 0 unspecified atom stereocenters. The van der Waals surface area contributed by atoms with Crippen molar-refractivity contribution in [3.63, 3.8) is 0 Å². The van der Waals surface area contributed by atoms with Gasteiger partial charge in [-0.1, -0.05) is 25.1 Å². The molecular weight excluding hydrogens is 220 g/mol. The minimum Gasteiger partial charge on any atom is -0.263 e. The van der Waals surface area contributed by atoms with Crippen LogP contribution in [0.5, 0.6) is 0 Å². The van der Waals surface area contributed by atoms with Crippen LogP contribution >= 0.6 is 0 Å². The van der Waals surface area contributed by atoms with Gasteiger partial charge >= 0.3 is 17.8 Å². The molecule has 17 heavy (non-hydrogen) atoms. The summed E-state index contributed by atoms with van der Waals surface area (Å²) in [6.45, 7) is 2.11. The van der Waals surface area contributed by atoms with Crippen LogP contribution in [0.15, 0.2) is 30.3 Å². The van der Waals surface area contributed by atoms with Gasteiger partial charge in [0.05, 0.1) is 5.69 Å². The monoisotopic (exact) mass is 232 g/mol. The Morgan fingerprint density at radius 3 is 2.24 bits per heavy atom. The predicted molar refractivity (Wildman–Crippen MR) is 61.3 cm³/mol. The molecule has 2 rings (SSSR count). The zero-order chi connectivity index (χ0) is 12.4. The van der Waals surface area contributed by atoms with Gasteiger partial charge in [-0.25, -0.2) is 9.69 Å². The second-order valence-electron chi connectivity index (χ2n) is 3.72. The highest BCUT2D eigenvalue weighted by Crippen LogP contribution is 2.21. The summed E-state index contributed by atoms with van der Waals surface area (Å²) in [6.07, 6.45) is 0.632. The lowest BCUT2D eigenvalue weighted by Crippen LogP contribution is -2.33. The molecule has 4 amide bonds. The van der Waals surface area contributed by atoms with Crippen LogP contribution in [0.2, 0.25) is 0 Å². The lowest BCUT2D eigenvalue weighted by Gasteiger charge is -2.14. The topological polar surface area (TPSA) is 57.7 Å². The molecule has 0 bridgehead atoms. The summed E-state index contributed by atoms with van der Waals surface area (Å²) < 4.78 is 0. The Morgan fingerprint density at radius 1 is 1.00 bits per heavy atom. The van der Waals surface area contributed by atoms with Gasteiger partial charge in [-0.3, -0.25) is 14.5 Å². The Balaban J connectivity index is 2.34. The van der Waals surface area contributed by atoms with Crippen molar-refractivity contribution in [2.45, 2.75) is 13.3 Å². The number of nitrogens with zero attached hydrogens (tertiary/aromatic N) is 2. The molecule has 0 spiro atoms. The van der Waals surface area contributed by atoms with E-state index in [0.29, 0.717) is 12.1 Å². The van der Waals surface area contributed by atoms with E-state index in [9.17, 15) is 14.4 Å². The van der Waals surface area contributed by atoms with Gasteiger partial charge in [0.15, 0.2) is 0 Å². The SMILES string of the molecule is CCCN1C(=O)C(=O)N(c2ccccc2)C1=O. The normalized spacial score (nSPS) is 15.9. The third kappa shape index (κ3) is 1.80. The first-order chi connectivity index (χ1) is 8.16. The quantitative estimate of drug-likeness (QED) is 0.584. The molecule has 1 saturated heterocycles. The molecule has 0 aromatic heterocycles. The average molecular weight is 232 g/mol. The molecule has 0 atom stereocenters. The maximum atomic E-state index is 11.9. The zero-order valence-electron chi connectivity index (χ0n) is 9.42. The van der Waals surface area contributed by atoms with Gasteiger partial charge in [-0.2, -0.15) is 0 Å². The number of carbonyl (C=O) groups excluding carboxylic acids is 3. The molecule has 1 aliphatic heterocycles. The van der Waals surface area contributed by atoms with Crippen molar-refractivity contribution in [1.82, 2.24) is 4.90 Å². The third-order valence-corrected chi connectivity index (χ3v) is 2.51. The molecule has 1 aromatic carbocycles. The van der Waals surface area contributed by atoms with Gasteiger partial charge in [0.2, 0.25) is 0 Å². The van der Waals surface area contributed by atoms with E-state index < -0.39 is 17.8 Å². The van der Waals surface area contributed by atoms with E-state index in [-0.39, 0.29) is 6.54 Å². The van der Waals surface area contributed by atoms with Crippen LogP contribution in [0.25, 0.3) is 0 Å². The van der Waals surface area contributed by atoms with Crippen LogP contribution in [-0.4, -0.2) is 29.3 Å². The molecular formula is C12H12N2O3. The molecule has 1 heterocycles. The molecule has 1 aliphatic rings. The largest absolute Gasteiger partial charge is 0.338 e. The number of para-hydroxylation sites is 1. The summed E-state index contributed by atoms with van der Waals surface area (Å²) >= 11 is 0. The second-order valence-corrected chi connectivity index (χ2v) is 3.72. The number of urea groups is 1. The Labute approximate surface area is 98.6 Å². The van der Waals surface area contributed by atoms with Gasteiger partial charge < -0.3 is 0 Å². The van der Waals surface area contributed by atoms with Gasteiger partial charge in [0.25, 0.3) is 0 Å². The molecule has 1 aromatic rings. The first-order valence-electron chi connectivity index (χ1n) is 5.41. The van der Waals surface area contributed by atoms with E-state index in [0.717, 1.165) is 9.80 Å². The van der Waals surface area contributed by atoms with Crippen molar-refractivity contribution in [3.8, 4) is 0 Å². The second kappa shape index (κ2) is 4.37. The third-order valence-electron chi connectivity index (χ3n) is 2.51. The lowest BCUT2D eigenvalue weighted by atomic mass is 10.3. The maximum absolute atomic E-state index is 11.9. The molecule has 5 heteroatoms. The average Bonchev–Trinajstić information content (AvgIpc) is 2.55. The predicted octanol–water partition coefficient (Wildman–Crippen LogP) is 1.39. The van der Waals surface area contributed by atoms with Crippen LogP contribution in [0.4, 0.5) is 10.5 Å². The van der Waals surface area contributed by atoms with E-state index in [1.54, 1.807) is 30.3 Å². The minimum atomic E-state index is -0.783. The maximum Gasteiger partial charge on any atom is 0.338 e. The zero-order valence-corrected chi connectivity index (χ0v) is 9.42. The number of rotatable bonds is 3. The molecule has 5 nitrogen and oxygen atoms in total. The van der Waals surface area contributed by atoms with Crippen molar-refractivity contribution < 1.29 is 14.4 Å². The smallest absolute Gasteiger partial charge is 0.263 e. The highest BCUT2D eigenvalue weighted by atomic mass is 16.2. The summed E-state index contributed by atoms with van der Waals surface area (Å²) in [5.74, 6) is -1.53. The van der Waals surface area contributed by atoms with Gasteiger partial charge in [-0.15, -0.1) is 0 Å². The molecule has 0 N–H and O–H groups in total. The lowest BCUT2D eigenvalue weighted by molar-refractivity contribution is -0.139. The fourth-order valence-corrected chi connectivity index (χ4v) is 1.73. The van der Waals surface area contributed by atoms with Crippen LogP contribution in [0.3, 0.4) is 0 Å². The Morgan fingerprint density at radius 2 is 1.65 bits per heavy atom. The molecule has 88 valence electrons. The van der Waals surface area contributed by atoms with E-state index in [2.05, 4.69) is 0 Å². The molecule has 0 saturated carbocycles. The van der Waals surface area contributed by atoms with E-state index in [1.807, 2.05) is 6.92 Å². The van der Waals surface area contributed by atoms with E-state index >= 15 is 0 Å². The Kier molecular flexibility index (Phi) is 2.91.